The van der Waals surface area contributed by atoms with E-state index in [9.17, 15) is 5.11 Å². The highest BCUT2D eigenvalue weighted by atomic mass is 79.9. The van der Waals surface area contributed by atoms with Crippen molar-refractivity contribution in [3.8, 4) is 28.7 Å². The fourth-order valence-electron chi connectivity index (χ4n) is 2.88. The van der Waals surface area contributed by atoms with Gasteiger partial charge >= 0.3 is 0 Å². The monoisotopic (exact) mass is 416 g/mol. The molecular formula is C18H17BrN4O3. The van der Waals surface area contributed by atoms with Gasteiger partial charge in [-0.25, -0.2) is 4.98 Å². The third-order valence-electron chi connectivity index (χ3n) is 4.43. The first kappa shape index (κ1) is 17.1. The van der Waals surface area contributed by atoms with Gasteiger partial charge in [-0.15, -0.1) is 0 Å². The fourth-order valence-corrected chi connectivity index (χ4v) is 3.14. The number of aliphatic hydroxyl groups is 1. The maximum atomic E-state index is 10.4. The summed E-state index contributed by atoms with van der Waals surface area (Å²) >= 11 is 3.40. The first-order valence-electron chi connectivity index (χ1n) is 8.08. The van der Waals surface area contributed by atoms with E-state index in [0.29, 0.717) is 28.7 Å². The van der Waals surface area contributed by atoms with E-state index < -0.39 is 17.7 Å². The third-order valence-corrected chi connectivity index (χ3v) is 4.95. The molecule has 8 heteroatoms. The average molecular weight is 417 g/mol. The van der Waals surface area contributed by atoms with Gasteiger partial charge in [-0.05, 0) is 44.2 Å². The van der Waals surface area contributed by atoms with Crippen molar-refractivity contribution in [2.45, 2.75) is 31.6 Å². The molecule has 0 fully saturated rings. The largest absolute Gasteiger partial charge is 0.469 e. The van der Waals surface area contributed by atoms with Crippen molar-refractivity contribution < 1.29 is 14.4 Å². The Bertz CT molecular complexity index is 955. The van der Waals surface area contributed by atoms with E-state index in [1.807, 2.05) is 24.3 Å². The van der Waals surface area contributed by atoms with E-state index in [2.05, 4.69) is 31.1 Å². The minimum atomic E-state index is -0.854. The summed E-state index contributed by atoms with van der Waals surface area (Å²) in [6, 6.07) is 8.76. The van der Waals surface area contributed by atoms with Gasteiger partial charge in [-0.2, -0.15) is 4.98 Å². The van der Waals surface area contributed by atoms with Crippen molar-refractivity contribution in [1.29, 1.82) is 0 Å². The molecule has 0 bridgehead atoms. The number of hydrogen-bond acceptors (Lipinski definition) is 7. The smallest absolute Gasteiger partial charge is 0.259 e. The second-order valence-electron chi connectivity index (χ2n) is 6.72. The van der Waals surface area contributed by atoms with Gasteiger partial charge in [0.05, 0.1) is 11.6 Å². The number of nitrogens with two attached hydrogens (primary N) is 1. The minimum Gasteiger partial charge on any atom is -0.469 e. The van der Waals surface area contributed by atoms with Crippen LogP contribution in [0.25, 0.3) is 22.8 Å². The molecule has 2 unspecified atom stereocenters. The zero-order valence-electron chi connectivity index (χ0n) is 14.2. The standard InChI is InChI=1S/C18H17BrN4O3/c1-18(2)14(24)13(20)12-7-10(8-21-17(12)25-18)16-22-15(23-26-16)9-3-5-11(19)6-4-9/h3-8,13-14,24H,20H2,1-2H3. The van der Waals surface area contributed by atoms with Crippen LogP contribution in [-0.2, 0) is 0 Å². The quantitative estimate of drug-likeness (QED) is 0.660. The van der Waals surface area contributed by atoms with Gasteiger partial charge in [-0.1, -0.05) is 21.1 Å². The molecule has 7 nitrogen and oxygen atoms in total. The number of fused-ring (bicyclic) bond motifs is 1. The molecule has 0 saturated carbocycles. The van der Waals surface area contributed by atoms with Crippen molar-refractivity contribution in [3.05, 3.63) is 46.6 Å². The summed E-state index contributed by atoms with van der Waals surface area (Å²) in [5.41, 5.74) is 7.44. The van der Waals surface area contributed by atoms with Crippen molar-refractivity contribution in [3.63, 3.8) is 0 Å². The van der Waals surface area contributed by atoms with Crippen LogP contribution in [0.15, 0.2) is 45.5 Å². The zero-order valence-corrected chi connectivity index (χ0v) is 15.8. The summed E-state index contributed by atoms with van der Waals surface area (Å²) in [5, 5.41) is 14.4. The van der Waals surface area contributed by atoms with E-state index in [1.165, 1.54) is 0 Å². The van der Waals surface area contributed by atoms with Gasteiger partial charge in [0, 0.05) is 21.8 Å². The van der Waals surface area contributed by atoms with Crippen LogP contribution >= 0.6 is 15.9 Å². The lowest BCUT2D eigenvalue weighted by atomic mass is 9.88. The van der Waals surface area contributed by atoms with Gasteiger partial charge < -0.3 is 20.1 Å². The molecule has 2 aromatic heterocycles. The number of nitrogens with zero attached hydrogens (tertiary/aromatic N) is 3. The number of ether oxygens (including phenoxy) is 1. The van der Waals surface area contributed by atoms with Crippen LogP contribution in [0, 0.1) is 0 Å². The van der Waals surface area contributed by atoms with Crippen LogP contribution in [0.4, 0.5) is 0 Å². The molecule has 26 heavy (non-hydrogen) atoms. The SMILES string of the molecule is CC1(C)Oc2ncc(-c3nc(-c4ccc(Br)cc4)no3)cc2C(N)C1O. The number of hydrogen-bond donors (Lipinski definition) is 2. The Morgan fingerprint density at radius 2 is 1.92 bits per heavy atom. The first-order chi connectivity index (χ1) is 12.3. The molecule has 0 amide bonds. The molecule has 2 atom stereocenters. The molecule has 0 aliphatic carbocycles. The lowest BCUT2D eigenvalue weighted by Gasteiger charge is -2.39. The van der Waals surface area contributed by atoms with E-state index in [4.69, 9.17) is 15.0 Å². The Kier molecular flexibility index (Phi) is 4.06. The number of rotatable bonds is 2. The number of benzene rings is 1. The Hall–Kier alpha value is -2.29. The van der Waals surface area contributed by atoms with Gasteiger partial charge in [0.15, 0.2) is 0 Å². The number of aliphatic hydroxyl groups excluding tert-OH is 1. The third kappa shape index (κ3) is 2.90. The second-order valence-corrected chi connectivity index (χ2v) is 7.64. The maximum Gasteiger partial charge on any atom is 0.259 e. The molecule has 4 rings (SSSR count). The first-order valence-corrected chi connectivity index (χ1v) is 8.87. The van der Waals surface area contributed by atoms with Crippen LogP contribution in [0.5, 0.6) is 5.88 Å². The molecule has 134 valence electrons. The normalized spacial score (nSPS) is 21.1. The molecule has 3 N–H and O–H groups in total. The number of aromatic nitrogens is 3. The van der Waals surface area contributed by atoms with Gasteiger partial charge in [-0.3, -0.25) is 0 Å². The number of halogens is 1. The predicted molar refractivity (Wildman–Crippen MR) is 98.3 cm³/mol. The summed E-state index contributed by atoms with van der Waals surface area (Å²) in [7, 11) is 0. The molecule has 1 aliphatic rings. The van der Waals surface area contributed by atoms with Gasteiger partial charge in [0.1, 0.15) is 11.7 Å². The van der Waals surface area contributed by atoms with Crippen molar-refractivity contribution in [2.75, 3.05) is 0 Å². The lowest BCUT2D eigenvalue weighted by molar-refractivity contribution is -0.0601. The van der Waals surface area contributed by atoms with Crippen LogP contribution in [-0.4, -0.2) is 31.9 Å². The Morgan fingerprint density at radius 1 is 1.19 bits per heavy atom. The molecule has 3 heterocycles. The van der Waals surface area contributed by atoms with Crippen LogP contribution in [0.3, 0.4) is 0 Å². The zero-order chi connectivity index (χ0) is 18.5. The molecule has 3 aromatic rings. The summed E-state index contributed by atoms with van der Waals surface area (Å²) in [6.07, 6.45) is 0.742. The second kappa shape index (κ2) is 6.15. The molecule has 0 radical (unpaired) electrons. The highest BCUT2D eigenvalue weighted by Crippen LogP contribution is 2.38. The Morgan fingerprint density at radius 3 is 2.65 bits per heavy atom. The van der Waals surface area contributed by atoms with Gasteiger partial charge in [0.2, 0.25) is 11.7 Å². The van der Waals surface area contributed by atoms with Crippen LogP contribution in [0.1, 0.15) is 25.5 Å². The van der Waals surface area contributed by atoms with Crippen molar-refractivity contribution >= 4 is 15.9 Å². The highest BCUT2D eigenvalue weighted by molar-refractivity contribution is 9.10. The fraction of sp³-hybridized carbons (Fsp3) is 0.278. The summed E-state index contributed by atoms with van der Waals surface area (Å²) in [6.45, 7) is 3.55. The molecule has 0 spiro atoms. The Balaban J connectivity index is 1.69. The summed E-state index contributed by atoms with van der Waals surface area (Å²) in [4.78, 5) is 8.75. The number of pyridine rings is 1. The summed E-state index contributed by atoms with van der Waals surface area (Å²) < 4.78 is 12.1. The van der Waals surface area contributed by atoms with Crippen molar-refractivity contribution in [2.24, 2.45) is 5.73 Å². The Labute approximate surface area is 158 Å². The van der Waals surface area contributed by atoms with Crippen LogP contribution in [0.2, 0.25) is 0 Å². The minimum absolute atomic E-state index is 0.324. The van der Waals surface area contributed by atoms with E-state index >= 15 is 0 Å². The van der Waals surface area contributed by atoms with E-state index in [-0.39, 0.29) is 0 Å². The lowest BCUT2D eigenvalue weighted by Crippen LogP contribution is -2.51. The van der Waals surface area contributed by atoms with E-state index in [0.717, 1.165) is 10.0 Å². The summed E-state index contributed by atoms with van der Waals surface area (Å²) in [5.74, 6) is 1.21. The highest BCUT2D eigenvalue weighted by Gasteiger charge is 2.42. The molecule has 1 aromatic carbocycles. The van der Waals surface area contributed by atoms with Gasteiger partial charge in [0.25, 0.3) is 5.89 Å². The molecular weight excluding hydrogens is 400 g/mol. The van der Waals surface area contributed by atoms with E-state index in [1.54, 1.807) is 26.1 Å². The topological polar surface area (TPSA) is 107 Å². The maximum absolute atomic E-state index is 10.4. The average Bonchev–Trinajstić information content (AvgIpc) is 3.10. The van der Waals surface area contributed by atoms with Crippen LogP contribution < -0.4 is 10.5 Å². The predicted octanol–water partition coefficient (Wildman–Crippen LogP) is 3.09. The molecule has 1 aliphatic heterocycles. The van der Waals surface area contributed by atoms with Crippen molar-refractivity contribution in [1.82, 2.24) is 15.1 Å². The molecule has 0 saturated heterocycles.